The van der Waals surface area contributed by atoms with Crippen molar-refractivity contribution < 1.29 is 4.74 Å². The third-order valence-corrected chi connectivity index (χ3v) is 4.77. The lowest BCUT2D eigenvalue weighted by Crippen LogP contribution is -2.44. The van der Waals surface area contributed by atoms with Gasteiger partial charge in [-0.15, -0.1) is 0 Å². The van der Waals surface area contributed by atoms with Gasteiger partial charge in [-0.2, -0.15) is 0 Å². The number of halogens is 1. The van der Waals surface area contributed by atoms with E-state index in [9.17, 15) is 0 Å². The highest BCUT2D eigenvalue weighted by Crippen LogP contribution is 2.31. The molecular formula is C18H28BrNO. The van der Waals surface area contributed by atoms with Crippen LogP contribution in [-0.2, 0) is 11.3 Å². The molecule has 1 aromatic rings. The van der Waals surface area contributed by atoms with Gasteiger partial charge in [0.25, 0.3) is 0 Å². The molecule has 118 valence electrons. The Morgan fingerprint density at radius 2 is 1.90 bits per heavy atom. The predicted octanol–water partition coefficient (Wildman–Crippen LogP) is 5.06. The van der Waals surface area contributed by atoms with E-state index in [2.05, 4.69) is 59.4 Å². The van der Waals surface area contributed by atoms with Crippen LogP contribution < -0.4 is 5.32 Å². The number of benzene rings is 1. The SMILES string of the molecule is CC(C)NCC1(OCc2cccc(Br)c2)CCCCCC1. The maximum atomic E-state index is 6.46. The molecule has 0 bridgehead atoms. The van der Waals surface area contributed by atoms with E-state index in [1.54, 1.807) is 0 Å². The Hall–Kier alpha value is -0.380. The predicted molar refractivity (Wildman–Crippen MR) is 92.5 cm³/mol. The molecule has 1 N–H and O–H groups in total. The largest absolute Gasteiger partial charge is 0.369 e. The van der Waals surface area contributed by atoms with Crippen molar-refractivity contribution in [1.29, 1.82) is 0 Å². The van der Waals surface area contributed by atoms with E-state index in [1.165, 1.54) is 44.1 Å². The molecule has 0 spiro atoms. The molecule has 0 aliphatic heterocycles. The topological polar surface area (TPSA) is 21.3 Å². The Labute approximate surface area is 137 Å². The summed E-state index contributed by atoms with van der Waals surface area (Å²) in [5.41, 5.74) is 1.26. The summed E-state index contributed by atoms with van der Waals surface area (Å²) in [6.45, 7) is 6.09. The third kappa shape index (κ3) is 5.72. The summed E-state index contributed by atoms with van der Waals surface area (Å²) in [6, 6.07) is 8.95. The summed E-state index contributed by atoms with van der Waals surface area (Å²) in [7, 11) is 0. The van der Waals surface area contributed by atoms with Gasteiger partial charge in [0, 0.05) is 17.1 Å². The molecule has 1 fully saturated rings. The third-order valence-electron chi connectivity index (χ3n) is 4.28. The first kappa shape index (κ1) is 17.0. The number of hydrogen-bond acceptors (Lipinski definition) is 2. The minimum Gasteiger partial charge on any atom is -0.369 e. The van der Waals surface area contributed by atoms with Crippen molar-refractivity contribution in [3.05, 3.63) is 34.3 Å². The van der Waals surface area contributed by atoms with Gasteiger partial charge in [-0.05, 0) is 30.5 Å². The lowest BCUT2D eigenvalue weighted by Gasteiger charge is -2.34. The first-order chi connectivity index (χ1) is 10.1. The van der Waals surface area contributed by atoms with Gasteiger partial charge in [-0.25, -0.2) is 0 Å². The van der Waals surface area contributed by atoms with Gasteiger partial charge >= 0.3 is 0 Å². The van der Waals surface area contributed by atoms with Crippen molar-refractivity contribution in [2.24, 2.45) is 0 Å². The average Bonchev–Trinajstić information content (AvgIpc) is 2.69. The van der Waals surface area contributed by atoms with Gasteiger partial charge in [-0.3, -0.25) is 0 Å². The molecule has 0 saturated heterocycles. The first-order valence-electron chi connectivity index (χ1n) is 8.21. The van der Waals surface area contributed by atoms with Crippen LogP contribution >= 0.6 is 15.9 Å². The van der Waals surface area contributed by atoms with Crippen LogP contribution in [0.4, 0.5) is 0 Å². The van der Waals surface area contributed by atoms with Crippen LogP contribution in [0, 0.1) is 0 Å². The Bertz CT molecular complexity index is 425. The zero-order valence-corrected chi connectivity index (χ0v) is 14.9. The van der Waals surface area contributed by atoms with Crippen molar-refractivity contribution in [1.82, 2.24) is 5.32 Å². The van der Waals surface area contributed by atoms with Crippen LogP contribution in [0.25, 0.3) is 0 Å². The maximum Gasteiger partial charge on any atom is 0.0810 e. The van der Waals surface area contributed by atoms with Crippen LogP contribution in [0.5, 0.6) is 0 Å². The van der Waals surface area contributed by atoms with Crippen LogP contribution in [-0.4, -0.2) is 18.2 Å². The van der Waals surface area contributed by atoms with E-state index < -0.39 is 0 Å². The van der Waals surface area contributed by atoms with Crippen molar-refractivity contribution in [3.8, 4) is 0 Å². The second-order valence-corrected chi connectivity index (χ2v) is 7.47. The Balaban J connectivity index is 2.00. The first-order valence-corrected chi connectivity index (χ1v) is 9.01. The zero-order chi connectivity index (χ0) is 15.1. The summed E-state index contributed by atoms with van der Waals surface area (Å²) in [6.07, 6.45) is 7.64. The Kier molecular flexibility index (Phi) is 6.72. The second-order valence-electron chi connectivity index (χ2n) is 6.55. The lowest BCUT2D eigenvalue weighted by atomic mass is 9.93. The maximum absolute atomic E-state index is 6.46. The van der Waals surface area contributed by atoms with E-state index in [0.717, 1.165) is 11.0 Å². The molecule has 0 radical (unpaired) electrons. The Morgan fingerprint density at radius 3 is 2.52 bits per heavy atom. The lowest BCUT2D eigenvalue weighted by molar-refractivity contribution is -0.0665. The van der Waals surface area contributed by atoms with E-state index in [-0.39, 0.29) is 5.60 Å². The summed E-state index contributed by atoms with van der Waals surface area (Å²) in [4.78, 5) is 0. The molecule has 21 heavy (non-hydrogen) atoms. The molecule has 0 heterocycles. The number of rotatable bonds is 6. The minimum absolute atomic E-state index is 0.0170. The van der Waals surface area contributed by atoms with Crippen molar-refractivity contribution >= 4 is 15.9 Å². The van der Waals surface area contributed by atoms with Gasteiger partial charge < -0.3 is 10.1 Å². The second kappa shape index (κ2) is 8.30. The van der Waals surface area contributed by atoms with Gasteiger partial charge in [-0.1, -0.05) is 67.6 Å². The molecule has 0 aromatic heterocycles. The molecule has 1 saturated carbocycles. The van der Waals surface area contributed by atoms with E-state index >= 15 is 0 Å². The molecular weight excluding hydrogens is 326 g/mol. The molecule has 2 nitrogen and oxygen atoms in total. The smallest absolute Gasteiger partial charge is 0.0810 e. The summed E-state index contributed by atoms with van der Waals surface area (Å²) in [5, 5.41) is 3.60. The van der Waals surface area contributed by atoms with Crippen LogP contribution in [0.2, 0.25) is 0 Å². The summed E-state index contributed by atoms with van der Waals surface area (Å²) < 4.78 is 7.58. The van der Waals surface area contributed by atoms with Crippen LogP contribution in [0.1, 0.15) is 57.9 Å². The molecule has 0 amide bonds. The highest BCUT2D eigenvalue weighted by Gasteiger charge is 2.31. The van der Waals surface area contributed by atoms with E-state index in [0.29, 0.717) is 12.6 Å². The Morgan fingerprint density at radius 1 is 1.19 bits per heavy atom. The molecule has 0 unspecified atom stereocenters. The fraction of sp³-hybridized carbons (Fsp3) is 0.667. The number of nitrogens with one attached hydrogen (secondary N) is 1. The summed E-state index contributed by atoms with van der Waals surface area (Å²) in [5.74, 6) is 0. The minimum atomic E-state index is 0.0170. The quantitative estimate of drug-likeness (QED) is 0.721. The zero-order valence-electron chi connectivity index (χ0n) is 13.3. The van der Waals surface area contributed by atoms with Gasteiger partial charge in [0.2, 0.25) is 0 Å². The highest BCUT2D eigenvalue weighted by atomic mass is 79.9. The fourth-order valence-corrected chi connectivity index (χ4v) is 3.44. The number of ether oxygens (including phenoxy) is 1. The van der Waals surface area contributed by atoms with Crippen LogP contribution in [0.3, 0.4) is 0 Å². The summed E-state index contributed by atoms with van der Waals surface area (Å²) >= 11 is 3.54. The normalized spacial score (nSPS) is 18.7. The molecule has 2 rings (SSSR count). The molecule has 0 atom stereocenters. The van der Waals surface area contributed by atoms with Crippen LogP contribution in [0.15, 0.2) is 28.7 Å². The standard InChI is InChI=1S/C18H28BrNO/c1-15(2)20-14-18(10-5-3-4-6-11-18)21-13-16-8-7-9-17(19)12-16/h7-9,12,15,20H,3-6,10-11,13-14H2,1-2H3. The molecule has 1 aromatic carbocycles. The van der Waals surface area contributed by atoms with Gasteiger partial charge in [0.15, 0.2) is 0 Å². The molecule has 1 aliphatic carbocycles. The van der Waals surface area contributed by atoms with Gasteiger partial charge in [0.05, 0.1) is 12.2 Å². The van der Waals surface area contributed by atoms with Crippen molar-refractivity contribution in [3.63, 3.8) is 0 Å². The molecule has 1 aliphatic rings. The fourth-order valence-electron chi connectivity index (χ4n) is 3.00. The molecule has 3 heteroatoms. The van der Waals surface area contributed by atoms with Gasteiger partial charge in [0.1, 0.15) is 0 Å². The highest BCUT2D eigenvalue weighted by molar-refractivity contribution is 9.10. The number of hydrogen-bond donors (Lipinski definition) is 1. The van der Waals surface area contributed by atoms with E-state index in [1.807, 2.05) is 0 Å². The monoisotopic (exact) mass is 353 g/mol. The van der Waals surface area contributed by atoms with Crippen molar-refractivity contribution in [2.45, 2.75) is 70.6 Å². The van der Waals surface area contributed by atoms with E-state index in [4.69, 9.17) is 4.74 Å². The average molecular weight is 354 g/mol. The van der Waals surface area contributed by atoms with Crippen molar-refractivity contribution in [2.75, 3.05) is 6.54 Å².